The number of nitrogens with zero attached hydrogens (tertiary/aromatic N) is 1. The Bertz CT molecular complexity index is 836. The largest absolute Gasteiger partial charge is 0.379 e. The van der Waals surface area contributed by atoms with E-state index in [4.69, 9.17) is 4.74 Å². The fourth-order valence-corrected chi connectivity index (χ4v) is 4.23. The maximum absolute atomic E-state index is 13.1. The minimum Gasteiger partial charge on any atom is -0.379 e. The predicted molar refractivity (Wildman–Crippen MR) is 130 cm³/mol. The van der Waals surface area contributed by atoms with Crippen LogP contribution >= 0.6 is 0 Å². The highest BCUT2D eigenvalue weighted by molar-refractivity contribution is 5.97. The highest BCUT2D eigenvalue weighted by Crippen LogP contribution is 2.47. The highest BCUT2D eigenvalue weighted by Gasteiger charge is 2.48. The summed E-state index contributed by atoms with van der Waals surface area (Å²) in [5.41, 5.74) is -0.569. The molecule has 10 nitrogen and oxygen atoms in total. The second kappa shape index (κ2) is 15.6. The molecule has 1 heterocycles. The third-order valence-corrected chi connectivity index (χ3v) is 6.76. The quantitative estimate of drug-likeness (QED) is 0.240. The monoisotopic (exact) mass is 569 g/mol. The molecule has 39 heavy (non-hydrogen) atoms. The zero-order valence-electron chi connectivity index (χ0n) is 22.6. The topological polar surface area (TPSA) is 123 Å². The molecule has 1 aliphatic carbocycles. The summed E-state index contributed by atoms with van der Waals surface area (Å²) >= 11 is 0. The molecule has 0 aromatic carbocycles. The Morgan fingerprint density at radius 3 is 2.05 bits per heavy atom. The number of amides is 2. The van der Waals surface area contributed by atoms with Crippen molar-refractivity contribution in [3.05, 3.63) is 0 Å². The standard InChI is InChI=1S/C25H39F4N3O7/c1-15(2)10-17(21(35)25(3)4-5-25)31-22(36)16(13-38-23(26)27)11-19(33)18(14-39-24(28)29)30-20(34)12-32-6-8-37-9-7-32/h15-18,23-24H,4-14H2,1-3H3,(H,30,34)(H,31,36)/t16-,17-,18-/m0/s1. The van der Waals surface area contributed by atoms with Crippen molar-refractivity contribution >= 4 is 23.4 Å². The van der Waals surface area contributed by atoms with Crippen LogP contribution in [0.1, 0.15) is 46.5 Å². The van der Waals surface area contributed by atoms with Crippen molar-refractivity contribution in [1.82, 2.24) is 15.5 Å². The summed E-state index contributed by atoms with van der Waals surface area (Å²) < 4.78 is 64.8. The van der Waals surface area contributed by atoms with E-state index in [-0.39, 0.29) is 18.2 Å². The lowest BCUT2D eigenvalue weighted by Gasteiger charge is -2.27. The van der Waals surface area contributed by atoms with Crippen LogP contribution in [0.15, 0.2) is 0 Å². The van der Waals surface area contributed by atoms with Crippen molar-refractivity contribution in [3.63, 3.8) is 0 Å². The van der Waals surface area contributed by atoms with Crippen molar-refractivity contribution in [3.8, 4) is 0 Å². The van der Waals surface area contributed by atoms with Gasteiger partial charge in [0.2, 0.25) is 11.8 Å². The Kier molecular flexibility index (Phi) is 13.2. The molecule has 224 valence electrons. The van der Waals surface area contributed by atoms with Gasteiger partial charge in [-0.2, -0.15) is 17.6 Å². The van der Waals surface area contributed by atoms with E-state index in [0.717, 1.165) is 0 Å². The Hall–Kier alpha value is -2.16. The number of alkyl halides is 4. The molecule has 2 amide bonds. The minimum absolute atomic E-state index is 0.0246. The Morgan fingerprint density at radius 1 is 0.923 bits per heavy atom. The van der Waals surface area contributed by atoms with Gasteiger partial charge in [-0.15, -0.1) is 0 Å². The van der Waals surface area contributed by atoms with Crippen molar-refractivity contribution in [2.75, 3.05) is 46.1 Å². The fraction of sp³-hybridized carbons (Fsp3) is 0.840. The molecule has 1 saturated carbocycles. The molecule has 2 fully saturated rings. The number of carbonyl (C=O) groups is 4. The van der Waals surface area contributed by atoms with Crippen LogP contribution in [0.3, 0.4) is 0 Å². The number of nitrogens with one attached hydrogen (secondary N) is 2. The average Bonchev–Trinajstić information content (AvgIpc) is 3.61. The van der Waals surface area contributed by atoms with E-state index in [1.165, 1.54) is 0 Å². The first kappa shape index (κ1) is 33.0. The van der Waals surface area contributed by atoms with Crippen LogP contribution in [0.4, 0.5) is 17.6 Å². The van der Waals surface area contributed by atoms with Crippen LogP contribution in [-0.4, -0.2) is 99.6 Å². The van der Waals surface area contributed by atoms with Crippen LogP contribution in [0.5, 0.6) is 0 Å². The van der Waals surface area contributed by atoms with Crippen molar-refractivity contribution in [1.29, 1.82) is 0 Å². The summed E-state index contributed by atoms with van der Waals surface area (Å²) in [5.74, 6) is -4.01. The first-order valence-electron chi connectivity index (χ1n) is 13.1. The third-order valence-electron chi connectivity index (χ3n) is 6.76. The van der Waals surface area contributed by atoms with Crippen molar-refractivity contribution in [2.45, 2.75) is 71.8 Å². The summed E-state index contributed by atoms with van der Waals surface area (Å²) in [5, 5.41) is 4.92. The number of morpholine rings is 1. The van der Waals surface area contributed by atoms with Crippen LogP contribution in [-0.2, 0) is 33.4 Å². The first-order valence-corrected chi connectivity index (χ1v) is 13.1. The molecule has 0 aromatic heterocycles. The van der Waals surface area contributed by atoms with Gasteiger partial charge < -0.3 is 24.8 Å². The molecule has 2 aliphatic rings. The Labute approximate surface area is 225 Å². The van der Waals surface area contributed by atoms with E-state index in [1.807, 2.05) is 13.8 Å². The maximum Gasteiger partial charge on any atom is 0.345 e. The van der Waals surface area contributed by atoms with E-state index in [9.17, 15) is 36.7 Å². The lowest BCUT2D eigenvalue weighted by atomic mass is 9.90. The molecular weight excluding hydrogens is 530 g/mol. The summed E-state index contributed by atoms with van der Waals surface area (Å²) in [4.78, 5) is 53.4. The molecule has 14 heteroatoms. The van der Waals surface area contributed by atoms with E-state index >= 15 is 0 Å². The van der Waals surface area contributed by atoms with Gasteiger partial charge in [-0.25, -0.2) is 0 Å². The maximum atomic E-state index is 13.1. The summed E-state index contributed by atoms with van der Waals surface area (Å²) in [6, 6.07) is -2.45. The predicted octanol–water partition coefficient (Wildman–Crippen LogP) is 1.76. The van der Waals surface area contributed by atoms with Gasteiger partial charge in [0, 0.05) is 24.9 Å². The van der Waals surface area contributed by atoms with Gasteiger partial charge >= 0.3 is 13.2 Å². The molecule has 2 rings (SSSR count). The number of halogens is 4. The van der Waals surface area contributed by atoms with Crippen LogP contribution in [0.25, 0.3) is 0 Å². The van der Waals surface area contributed by atoms with Crippen LogP contribution in [0.2, 0.25) is 0 Å². The number of hydrogen-bond acceptors (Lipinski definition) is 8. The Morgan fingerprint density at radius 2 is 1.51 bits per heavy atom. The number of hydrogen-bond donors (Lipinski definition) is 2. The number of ketones is 2. The zero-order chi connectivity index (χ0) is 29.2. The number of carbonyl (C=O) groups excluding carboxylic acids is 4. The van der Waals surface area contributed by atoms with Crippen LogP contribution in [0, 0.1) is 17.3 Å². The molecule has 0 radical (unpaired) electrons. The molecule has 1 saturated heterocycles. The summed E-state index contributed by atoms with van der Waals surface area (Å²) in [7, 11) is 0. The van der Waals surface area contributed by atoms with Gasteiger partial charge in [-0.3, -0.25) is 24.1 Å². The van der Waals surface area contributed by atoms with E-state index in [2.05, 4.69) is 20.1 Å². The molecule has 0 aromatic rings. The van der Waals surface area contributed by atoms with E-state index in [1.54, 1.807) is 11.8 Å². The summed E-state index contributed by atoms with van der Waals surface area (Å²) in [6.07, 6.45) is 0.928. The minimum atomic E-state index is -3.24. The molecule has 0 bridgehead atoms. The zero-order valence-corrected chi connectivity index (χ0v) is 22.6. The normalized spacial score (nSPS) is 19.5. The average molecular weight is 570 g/mol. The van der Waals surface area contributed by atoms with Gasteiger partial charge in [-0.1, -0.05) is 20.8 Å². The van der Waals surface area contributed by atoms with Gasteiger partial charge in [0.05, 0.1) is 44.9 Å². The molecular formula is C25H39F4N3O7. The lowest BCUT2D eigenvalue weighted by molar-refractivity contribution is -0.155. The number of rotatable bonds is 18. The van der Waals surface area contributed by atoms with Crippen molar-refractivity contribution in [2.24, 2.45) is 17.3 Å². The third kappa shape index (κ3) is 11.9. The van der Waals surface area contributed by atoms with Gasteiger partial charge in [0.1, 0.15) is 6.04 Å². The van der Waals surface area contributed by atoms with E-state index < -0.39 is 73.9 Å². The second-order valence-electron chi connectivity index (χ2n) is 10.7. The molecule has 1 aliphatic heterocycles. The van der Waals surface area contributed by atoms with Crippen molar-refractivity contribution < 1.29 is 51.0 Å². The molecule has 0 unspecified atom stereocenters. The molecule has 3 atom stereocenters. The lowest BCUT2D eigenvalue weighted by Crippen LogP contribution is -2.51. The summed E-state index contributed by atoms with van der Waals surface area (Å²) in [6.45, 7) is -1.11. The highest BCUT2D eigenvalue weighted by atomic mass is 19.3. The van der Waals surface area contributed by atoms with Crippen LogP contribution < -0.4 is 10.6 Å². The van der Waals surface area contributed by atoms with Gasteiger partial charge in [-0.05, 0) is 25.2 Å². The Balaban J connectivity index is 2.12. The van der Waals surface area contributed by atoms with Gasteiger partial charge in [0.15, 0.2) is 11.6 Å². The van der Waals surface area contributed by atoms with Gasteiger partial charge in [0.25, 0.3) is 0 Å². The first-order chi connectivity index (χ1) is 18.3. The van der Waals surface area contributed by atoms with E-state index in [0.29, 0.717) is 45.6 Å². The second-order valence-corrected chi connectivity index (χ2v) is 10.7. The smallest absolute Gasteiger partial charge is 0.345 e. The molecule has 2 N–H and O–H groups in total. The fourth-order valence-electron chi connectivity index (χ4n) is 4.23. The number of Topliss-reactive ketones (excluding diaryl/α,β-unsaturated/α-hetero) is 2. The molecule has 0 spiro atoms. The number of ether oxygens (including phenoxy) is 3. The SMILES string of the molecule is CC(C)C[C@H](NC(=O)[C@H](COC(F)F)CC(=O)[C@H](COC(F)F)NC(=O)CN1CCOCC1)C(=O)C1(C)CC1.